The third-order valence-corrected chi connectivity index (χ3v) is 16.8. The first-order valence-corrected chi connectivity index (χ1v) is 29.0. The van der Waals surface area contributed by atoms with Gasteiger partial charge in [-0.2, -0.15) is 0 Å². The van der Waals surface area contributed by atoms with Crippen LogP contribution in [-0.2, 0) is 0 Å². The Morgan fingerprint density at radius 3 is 0.919 bits per heavy atom. The zero-order chi connectivity index (χ0) is 42.6. The lowest BCUT2D eigenvalue weighted by Crippen LogP contribution is -2.39. The molecule has 0 aliphatic heterocycles. The number of hydrogen-bond acceptors (Lipinski definition) is 0. The van der Waals surface area contributed by atoms with Gasteiger partial charge in [0.2, 0.25) is 0 Å². The van der Waals surface area contributed by atoms with Gasteiger partial charge in [0.25, 0.3) is 0 Å². The van der Waals surface area contributed by atoms with Crippen molar-refractivity contribution in [3.8, 4) is 66.8 Å². The molecule has 0 bridgehead atoms. The second-order valence-electron chi connectivity index (χ2n) is 19.0. The van der Waals surface area contributed by atoms with Gasteiger partial charge < -0.3 is 0 Å². The Kier molecular flexibility index (Phi) is 10.0. The van der Waals surface area contributed by atoms with Crippen LogP contribution in [0.3, 0.4) is 0 Å². The summed E-state index contributed by atoms with van der Waals surface area (Å²) in [5, 5.41) is 10.7. The average molecular weight is 829 g/mol. The van der Waals surface area contributed by atoms with Gasteiger partial charge in [0.1, 0.15) is 0 Å². The van der Waals surface area contributed by atoms with Crippen LogP contribution in [0.1, 0.15) is 0 Å². The van der Waals surface area contributed by atoms with Gasteiger partial charge in [0.05, 0.1) is 16.1 Å². The molecule has 0 radical (unpaired) electrons. The first-order valence-electron chi connectivity index (χ1n) is 22.0. The molecule has 0 atom stereocenters. The topological polar surface area (TPSA) is 0 Å². The van der Waals surface area contributed by atoms with Crippen molar-refractivity contribution < 1.29 is 0 Å². The summed E-state index contributed by atoms with van der Waals surface area (Å²) in [6.45, 7) is 14.8. The summed E-state index contributed by atoms with van der Waals surface area (Å²) in [5.41, 5.74) is 15.2. The van der Waals surface area contributed by atoms with Crippen LogP contribution in [0.2, 0.25) is 39.3 Å². The zero-order valence-corrected chi connectivity index (χ0v) is 38.6. The van der Waals surface area contributed by atoms with Crippen molar-refractivity contribution in [2.24, 2.45) is 0 Å². The van der Waals surface area contributed by atoms with Crippen LogP contribution in [0.25, 0.3) is 99.1 Å². The number of fused-ring (bicyclic) bond motifs is 6. The first kappa shape index (κ1) is 39.5. The Balaban J connectivity index is 1.14. The zero-order valence-electron chi connectivity index (χ0n) is 36.6. The summed E-state index contributed by atoms with van der Waals surface area (Å²) in [6.07, 6.45) is 0. The maximum Gasteiger partial charge on any atom is 0.0784 e. The van der Waals surface area contributed by atoms with E-state index in [0.717, 1.165) is 0 Å². The Bertz CT molecular complexity index is 3070. The van der Waals surface area contributed by atoms with Crippen LogP contribution in [-0.4, -0.2) is 16.1 Å². The highest BCUT2D eigenvalue weighted by Crippen LogP contribution is 2.40. The van der Waals surface area contributed by atoms with Gasteiger partial charge in [0.15, 0.2) is 0 Å². The SMILES string of the molecule is C[Si](C)(C)c1ccc(-c2ccc3c4ccccc4c4ccc(-c5ccc([Si](C)(C)C)c(-c6cccc(-c7ccccc7)c6)c5)cc4c3c2)cc1-c1cccc(-c2ccccc2)c1. The lowest BCUT2D eigenvalue weighted by atomic mass is 9.89. The van der Waals surface area contributed by atoms with Gasteiger partial charge in [-0.05, 0) is 135 Å². The van der Waals surface area contributed by atoms with Crippen molar-refractivity contribution in [3.63, 3.8) is 0 Å². The Morgan fingerprint density at radius 2 is 0.516 bits per heavy atom. The minimum Gasteiger partial charge on any atom is -0.0656 e. The van der Waals surface area contributed by atoms with Crippen LogP contribution < -0.4 is 10.4 Å². The molecule has 10 aromatic carbocycles. The molecule has 0 aliphatic rings. The Morgan fingerprint density at radius 1 is 0.210 bits per heavy atom. The molecule has 62 heavy (non-hydrogen) atoms. The molecule has 0 unspecified atom stereocenters. The van der Waals surface area contributed by atoms with Gasteiger partial charge in [-0.3, -0.25) is 0 Å². The van der Waals surface area contributed by atoms with Gasteiger partial charge in [0, 0.05) is 0 Å². The summed E-state index contributed by atoms with van der Waals surface area (Å²) >= 11 is 0. The van der Waals surface area contributed by atoms with Crippen LogP contribution >= 0.6 is 0 Å². The summed E-state index contributed by atoms with van der Waals surface area (Å²) in [4.78, 5) is 0. The van der Waals surface area contributed by atoms with E-state index in [2.05, 4.69) is 246 Å². The molecular formula is C60H52Si2. The first-order chi connectivity index (χ1) is 30.0. The summed E-state index contributed by atoms with van der Waals surface area (Å²) in [7, 11) is -3.37. The highest BCUT2D eigenvalue weighted by atomic mass is 28.3. The molecule has 0 amide bonds. The summed E-state index contributed by atoms with van der Waals surface area (Å²) in [5.74, 6) is 0. The maximum atomic E-state index is 2.46. The normalized spacial score (nSPS) is 12.0. The van der Waals surface area contributed by atoms with E-state index in [-0.39, 0.29) is 0 Å². The molecule has 10 rings (SSSR count). The fraction of sp³-hybridized carbons (Fsp3) is 0.100. The third-order valence-electron chi connectivity index (χ3n) is 12.7. The van der Waals surface area contributed by atoms with Gasteiger partial charge in [-0.1, -0.05) is 220 Å². The van der Waals surface area contributed by atoms with Crippen molar-refractivity contribution in [3.05, 3.63) is 206 Å². The van der Waals surface area contributed by atoms with Crippen LogP contribution in [0.15, 0.2) is 206 Å². The quantitative estimate of drug-likeness (QED) is 0.106. The maximum absolute atomic E-state index is 2.46. The lowest BCUT2D eigenvalue weighted by Gasteiger charge is -2.23. The monoisotopic (exact) mass is 828 g/mol. The molecule has 2 heteroatoms. The van der Waals surface area contributed by atoms with E-state index in [9.17, 15) is 0 Å². The van der Waals surface area contributed by atoms with Crippen molar-refractivity contribution in [2.45, 2.75) is 39.3 Å². The molecule has 0 saturated carbocycles. The molecule has 0 saturated heterocycles. The molecule has 0 aromatic heterocycles. The Hall–Kier alpha value is -6.59. The van der Waals surface area contributed by atoms with E-state index in [0.29, 0.717) is 0 Å². The van der Waals surface area contributed by atoms with E-state index < -0.39 is 16.1 Å². The summed E-state index contributed by atoms with van der Waals surface area (Å²) < 4.78 is 0. The van der Waals surface area contributed by atoms with Crippen LogP contribution in [0.5, 0.6) is 0 Å². The molecule has 0 aliphatic carbocycles. The van der Waals surface area contributed by atoms with E-state index in [4.69, 9.17) is 0 Å². The molecule has 0 heterocycles. The number of rotatable bonds is 8. The van der Waals surface area contributed by atoms with Crippen LogP contribution in [0.4, 0.5) is 0 Å². The highest BCUT2D eigenvalue weighted by molar-refractivity contribution is 6.90. The van der Waals surface area contributed by atoms with Gasteiger partial charge in [-0.15, -0.1) is 0 Å². The fourth-order valence-corrected chi connectivity index (χ4v) is 12.8. The van der Waals surface area contributed by atoms with Gasteiger partial charge in [-0.25, -0.2) is 0 Å². The molecular weight excluding hydrogens is 777 g/mol. The largest absolute Gasteiger partial charge is 0.0784 e. The predicted molar refractivity (Wildman–Crippen MR) is 278 cm³/mol. The van der Waals surface area contributed by atoms with Gasteiger partial charge >= 0.3 is 0 Å². The van der Waals surface area contributed by atoms with Crippen molar-refractivity contribution >= 4 is 58.8 Å². The highest BCUT2D eigenvalue weighted by Gasteiger charge is 2.24. The number of hydrogen-bond donors (Lipinski definition) is 0. The molecule has 0 nitrogen and oxygen atoms in total. The third kappa shape index (κ3) is 7.44. The molecule has 0 fully saturated rings. The van der Waals surface area contributed by atoms with Crippen molar-refractivity contribution in [1.82, 2.24) is 0 Å². The Labute approximate surface area is 369 Å². The van der Waals surface area contributed by atoms with Crippen LogP contribution in [0, 0.1) is 0 Å². The summed E-state index contributed by atoms with van der Waals surface area (Å²) in [6, 6.07) is 77.4. The molecule has 0 N–H and O–H groups in total. The van der Waals surface area contributed by atoms with E-state index in [1.165, 1.54) is 109 Å². The molecule has 10 aromatic rings. The fourth-order valence-electron chi connectivity index (χ4n) is 9.54. The van der Waals surface area contributed by atoms with E-state index in [1.54, 1.807) is 0 Å². The molecule has 300 valence electrons. The second kappa shape index (κ2) is 15.7. The minimum atomic E-state index is -1.69. The number of benzene rings is 10. The van der Waals surface area contributed by atoms with Crippen molar-refractivity contribution in [1.29, 1.82) is 0 Å². The molecule has 0 spiro atoms. The second-order valence-corrected chi connectivity index (χ2v) is 29.1. The minimum absolute atomic E-state index is 1.24. The average Bonchev–Trinajstić information content (AvgIpc) is 3.31. The van der Waals surface area contributed by atoms with E-state index >= 15 is 0 Å². The van der Waals surface area contributed by atoms with Crippen molar-refractivity contribution in [2.75, 3.05) is 0 Å². The smallest absolute Gasteiger partial charge is 0.0656 e. The lowest BCUT2D eigenvalue weighted by molar-refractivity contribution is 1.58. The standard InChI is InChI=1S/C60H52Si2/c1-61(2,3)59-33-29-47(37-55(59)49-23-15-21-43(35-49)41-17-9-7-10-18-41)45-27-31-53-51-25-13-14-26-52(51)54-32-28-46(40-58(54)57(53)39-45)48-30-34-60(62(4,5)6)56(38-48)50-24-16-22-44(36-50)42-19-11-8-12-20-42/h7-40H,1-6H3. The predicted octanol–water partition coefficient (Wildman–Crippen LogP) is 16.2. The van der Waals surface area contributed by atoms with E-state index in [1.807, 2.05) is 0 Å².